The molecule has 0 saturated carbocycles. The molecule has 8 heteroatoms. The molecule has 1 aliphatic heterocycles. The molecule has 0 bridgehead atoms. The van der Waals surface area contributed by atoms with Gasteiger partial charge in [-0.25, -0.2) is 4.79 Å². The Bertz CT molecular complexity index is 1230. The summed E-state index contributed by atoms with van der Waals surface area (Å²) in [7, 11) is 0. The molecule has 166 valence electrons. The van der Waals surface area contributed by atoms with Crippen molar-refractivity contribution in [2.75, 3.05) is 18.0 Å². The topological polar surface area (TPSA) is 103 Å². The lowest BCUT2D eigenvalue weighted by Crippen LogP contribution is -2.34. The second kappa shape index (κ2) is 9.13. The maximum atomic E-state index is 12.5. The van der Waals surface area contributed by atoms with Gasteiger partial charge in [0.25, 0.3) is 5.56 Å². The van der Waals surface area contributed by atoms with E-state index in [1.807, 2.05) is 42.5 Å². The summed E-state index contributed by atoms with van der Waals surface area (Å²) in [5, 5.41) is 15.1. The largest absolute Gasteiger partial charge is 0.494 e. The van der Waals surface area contributed by atoms with E-state index in [1.54, 1.807) is 0 Å². The highest BCUT2D eigenvalue weighted by atomic mass is 16.3. The van der Waals surface area contributed by atoms with E-state index in [4.69, 9.17) is 0 Å². The normalized spacial score (nSPS) is 15.3. The van der Waals surface area contributed by atoms with Crippen molar-refractivity contribution in [3.05, 3.63) is 92.1 Å². The van der Waals surface area contributed by atoms with Crippen LogP contribution in [0.2, 0.25) is 0 Å². The third-order valence-corrected chi connectivity index (χ3v) is 5.82. The highest BCUT2D eigenvalue weighted by Crippen LogP contribution is 2.27. The summed E-state index contributed by atoms with van der Waals surface area (Å²) in [4.78, 5) is 29.5. The number of aromatic nitrogens is 2. The van der Waals surface area contributed by atoms with E-state index in [-0.39, 0.29) is 24.0 Å². The Morgan fingerprint density at radius 2 is 1.75 bits per heavy atom. The lowest BCUT2D eigenvalue weighted by atomic mass is 9.99. The van der Waals surface area contributed by atoms with Crippen LogP contribution in [0.1, 0.15) is 43.0 Å². The average molecular weight is 434 g/mol. The van der Waals surface area contributed by atoms with Crippen LogP contribution in [-0.2, 0) is 6.54 Å². The van der Waals surface area contributed by atoms with Crippen LogP contribution in [0.4, 0.5) is 5.69 Å². The molecule has 8 nitrogen and oxygen atoms in total. The molecule has 2 aromatic carbocycles. The van der Waals surface area contributed by atoms with Gasteiger partial charge in [0.2, 0.25) is 5.88 Å². The number of anilines is 1. The average Bonchev–Trinajstić information content (AvgIpc) is 3.28. The molecule has 0 radical (unpaired) electrons. The van der Waals surface area contributed by atoms with E-state index in [2.05, 4.69) is 46.4 Å². The number of H-pyrrole nitrogens is 1. The van der Waals surface area contributed by atoms with Gasteiger partial charge in [-0.05, 0) is 37.1 Å². The van der Waals surface area contributed by atoms with Crippen molar-refractivity contribution < 1.29 is 5.11 Å². The smallest absolute Gasteiger partial charge is 0.331 e. The van der Waals surface area contributed by atoms with Crippen LogP contribution < -0.4 is 21.6 Å². The minimum atomic E-state index is -0.657. The lowest BCUT2D eigenvalue weighted by molar-refractivity contribution is 0.408. The number of hydrogen-bond donors (Lipinski definition) is 3. The molecule has 0 amide bonds. The molecule has 0 aliphatic carbocycles. The number of benzene rings is 2. The van der Waals surface area contributed by atoms with E-state index in [1.165, 1.54) is 0 Å². The summed E-state index contributed by atoms with van der Waals surface area (Å²) < 4.78 is 1.15. The van der Waals surface area contributed by atoms with Gasteiger partial charge >= 0.3 is 5.69 Å². The summed E-state index contributed by atoms with van der Waals surface area (Å²) in [5.41, 5.74) is 5.22. The molecule has 0 spiro atoms. The van der Waals surface area contributed by atoms with Gasteiger partial charge in [-0.2, -0.15) is 5.10 Å². The first kappa shape index (κ1) is 21.4. The molecule has 1 aromatic heterocycles. The Labute approximate surface area is 185 Å². The van der Waals surface area contributed by atoms with Gasteiger partial charge in [0.15, 0.2) is 0 Å². The molecule has 0 saturated heterocycles. The van der Waals surface area contributed by atoms with Crippen LogP contribution in [0.3, 0.4) is 0 Å². The first-order valence-electron chi connectivity index (χ1n) is 10.8. The summed E-state index contributed by atoms with van der Waals surface area (Å²) in [6.45, 7) is 6.26. The number of aromatic hydroxyl groups is 1. The van der Waals surface area contributed by atoms with Crippen molar-refractivity contribution in [1.82, 2.24) is 15.0 Å². The summed E-state index contributed by atoms with van der Waals surface area (Å²) in [6, 6.07) is 17.4. The SMILES string of the molecule is CCN(CC)c1ccc([C@H]2CC(c3c(O)n(Cc4ccccc4)c(=O)[nH]c3=O)=NN2)cc1. The Kier molecular flexibility index (Phi) is 6.11. The van der Waals surface area contributed by atoms with Crippen molar-refractivity contribution in [2.45, 2.75) is 32.9 Å². The zero-order valence-electron chi connectivity index (χ0n) is 18.2. The third-order valence-electron chi connectivity index (χ3n) is 5.82. The van der Waals surface area contributed by atoms with E-state index in [0.717, 1.165) is 34.5 Å². The monoisotopic (exact) mass is 433 g/mol. The van der Waals surface area contributed by atoms with Gasteiger partial charge in [-0.15, -0.1) is 0 Å². The van der Waals surface area contributed by atoms with Crippen molar-refractivity contribution in [1.29, 1.82) is 0 Å². The Balaban J connectivity index is 1.58. The van der Waals surface area contributed by atoms with Gasteiger partial charge < -0.3 is 15.4 Å². The maximum Gasteiger partial charge on any atom is 0.331 e. The first-order valence-corrected chi connectivity index (χ1v) is 10.8. The zero-order valence-corrected chi connectivity index (χ0v) is 18.2. The molecule has 3 aromatic rings. The van der Waals surface area contributed by atoms with E-state index < -0.39 is 11.2 Å². The summed E-state index contributed by atoms with van der Waals surface area (Å²) in [5.74, 6) is -0.374. The third kappa shape index (κ3) is 4.16. The molecule has 2 heterocycles. The van der Waals surface area contributed by atoms with E-state index in [9.17, 15) is 14.7 Å². The standard InChI is InChI=1S/C24H27N5O3/c1-3-28(4-2)18-12-10-17(11-13-18)19-14-20(27-26-19)21-22(30)25-24(32)29(23(21)31)15-16-8-6-5-7-9-16/h5-13,19,26,31H,3-4,14-15H2,1-2H3,(H,25,30,32)/t19-/m1/s1. The van der Waals surface area contributed by atoms with Gasteiger partial charge in [-0.1, -0.05) is 42.5 Å². The Hall–Kier alpha value is -3.81. The molecule has 0 unspecified atom stereocenters. The molecule has 0 fully saturated rings. The summed E-state index contributed by atoms with van der Waals surface area (Å²) >= 11 is 0. The number of hydrazone groups is 1. The minimum Gasteiger partial charge on any atom is -0.494 e. The fourth-order valence-corrected chi connectivity index (χ4v) is 4.03. The van der Waals surface area contributed by atoms with Crippen LogP contribution in [-0.4, -0.2) is 33.5 Å². The van der Waals surface area contributed by atoms with Gasteiger partial charge in [0.1, 0.15) is 5.56 Å². The van der Waals surface area contributed by atoms with Crippen LogP contribution >= 0.6 is 0 Å². The fraction of sp³-hybridized carbons (Fsp3) is 0.292. The molecule has 1 aliphatic rings. The van der Waals surface area contributed by atoms with Crippen molar-refractivity contribution in [2.24, 2.45) is 5.10 Å². The van der Waals surface area contributed by atoms with Crippen LogP contribution in [0.15, 0.2) is 69.3 Å². The van der Waals surface area contributed by atoms with E-state index in [0.29, 0.717) is 12.1 Å². The van der Waals surface area contributed by atoms with E-state index >= 15 is 0 Å². The fourth-order valence-electron chi connectivity index (χ4n) is 4.03. The Morgan fingerprint density at radius 3 is 2.41 bits per heavy atom. The molecule has 32 heavy (non-hydrogen) atoms. The second-order valence-electron chi connectivity index (χ2n) is 7.74. The molecule has 3 N–H and O–H groups in total. The highest BCUT2D eigenvalue weighted by Gasteiger charge is 2.27. The van der Waals surface area contributed by atoms with Crippen molar-refractivity contribution in [3.63, 3.8) is 0 Å². The number of nitrogens with one attached hydrogen (secondary N) is 2. The number of rotatable bonds is 7. The molecular weight excluding hydrogens is 406 g/mol. The predicted molar refractivity (Wildman–Crippen MR) is 126 cm³/mol. The zero-order chi connectivity index (χ0) is 22.7. The quantitative estimate of drug-likeness (QED) is 0.532. The number of hydrogen-bond acceptors (Lipinski definition) is 6. The first-order chi connectivity index (χ1) is 15.5. The lowest BCUT2D eigenvalue weighted by Gasteiger charge is -2.21. The van der Waals surface area contributed by atoms with Crippen LogP contribution in [0, 0.1) is 0 Å². The van der Waals surface area contributed by atoms with Crippen molar-refractivity contribution in [3.8, 4) is 5.88 Å². The highest BCUT2D eigenvalue weighted by molar-refractivity contribution is 6.03. The van der Waals surface area contributed by atoms with Crippen LogP contribution in [0.25, 0.3) is 0 Å². The molecular formula is C24H27N5O3. The van der Waals surface area contributed by atoms with Gasteiger partial charge in [-0.3, -0.25) is 14.3 Å². The number of nitrogens with zero attached hydrogens (tertiary/aromatic N) is 3. The minimum absolute atomic E-state index is 0.0234. The van der Waals surface area contributed by atoms with Gasteiger partial charge in [0.05, 0.1) is 18.3 Å². The van der Waals surface area contributed by atoms with Gasteiger partial charge in [0, 0.05) is 25.2 Å². The number of aromatic amines is 1. The summed E-state index contributed by atoms with van der Waals surface area (Å²) in [6.07, 6.45) is 0.421. The molecule has 1 atom stereocenters. The predicted octanol–water partition coefficient (Wildman–Crippen LogP) is 2.58. The van der Waals surface area contributed by atoms with Crippen molar-refractivity contribution >= 4 is 11.4 Å². The molecule has 4 rings (SSSR count). The second-order valence-corrected chi connectivity index (χ2v) is 7.74. The maximum absolute atomic E-state index is 12.5. The van der Waals surface area contributed by atoms with Crippen LogP contribution in [0.5, 0.6) is 5.88 Å². The Morgan fingerprint density at radius 1 is 1.06 bits per heavy atom.